The molecule has 1 unspecified atom stereocenters. The van der Waals surface area contributed by atoms with Gasteiger partial charge in [-0.3, -0.25) is 0 Å². The van der Waals surface area contributed by atoms with Gasteiger partial charge in [-0.1, -0.05) is 149 Å². The molecule has 1 atom stereocenters. The van der Waals surface area contributed by atoms with E-state index in [9.17, 15) is 0 Å². The van der Waals surface area contributed by atoms with E-state index in [1.807, 2.05) is 6.08 Å². The van der Waals surface area contributed by atoms with Crippen molar-refractivity contribution in [3.63, 3.8) is 0 Å². The summed E-state index contributed by atoms with van der Waals surface area (Å²) in [5.74, 6) is 0. The minimum absolute atomic E-state index is 0. The van der Waals surface area contributed by atoms with Crippen LogP contribution in [0.2, 0.25) is 0 Å². The smallest absolute Gasteiger partial charge is 0.0547 e. The Morgan fingerprint density at radius 3 is 1.23 bits per heavy atom. The van der Waals surface area contributed by atoms with Gasteiger partial charge in [0.25, 0.3) is 0 Å². The Morgan fingerprint density at radius 2 is 0.897 bits per heavy atom. The van der Waals surface area contributed by atoms with Gasteiger partial charge in [-0.2, -0.15) is 0 Å². The van der Waals surface area contributed by atoms with Crippen molar-refractivity contribution in [3.8, 4) is 0 Å². The maximum Gasteiger partial charge on any atom is 0.0547 e. The summed E-state index contributed by atoms with van der Waals surface area (Å²) in [5, 5.41) is 24.5. The number of hydrogen-bond donors (Lipinski definition) is 3. The van der Waals surface area contributed by atoms with Gasteiger partial charge in [0, 0.05) is 26.4 Å². The lowest BCUT2D eigenvalue weighted by Crippen LogP contribution is -2.09. The van der Waals surface area contributed by atoms with E-state index in [-0.39, 0.29) is 27.2 Å². The molecule has 0 aromatic rings. The maximum atomic E-state index is 8.66. The van der Waals surface area contributed by atoms with Gasteiger partial charge in [0.15, 0.2) is 0 Å². The summed E-state index contributed by atoms with van der Waals surface area (Å²) >= 11 is 0. The van der Waals surface area contributed by atoms with Crippen LogP contribution in [-0.2, 0) is 4.74 Å². The van der Waals surface area contributed by atoms with Crippen LogP contribution in [-0.4, -0.2) is 47.9 Å². The second-order valence-corrected chi connectivity index (χ2v) is 10.8. The lowest BCUT2D eigenvalue weighted by atomic mass is 10.0. The molecule has 0 saturated carbocycles. The number of ether oxygens (including phenoxy) is 1. The van der Waals surface area contributed by atoms with Crippen LogP contribution in [0.1, 0.15) is 182 Å². The van der Waals surface area contributed by atoms with Crippen molar-refractivity contribution in [2.75, 3.05) is 26.4 Å². The van der Waals surface area contributed by atoms with Crippen molar-refractivity contribution in [1.29, 1.82) is 0 Å². The third kappa shape index (κ3) is 54.4. The highest BCUT2D eigenvalue weighted by molar-refractivity contribution is 4.65. The summed E-state index contributed by atoms with van der Waals surface area (Å²) < 4.78 is 5.60. The van der Waals surface area contributed by atoms with Gasteiger partial charge in [0.2, 0.25) is 0 Å². The van der Waals surface area contributed by atoms with Crippen molar-refractivity contribution in [2.24, 2.45) is 0 Å². The molecule has 4 heteroatoms. The minimum Gasteiger partial charge on any atom is -0.396 e. The fraction of sp³-hybridized carbons (Fsp3) is 0.943. The average molecular weight is 561 g/mol. The largest absolute Gasteiger partial charge is 0.396 e. The molecule has 0 bridgehead atoms. The first-order chi connectivity index (χ1) is 18.6. The van der Waals surface area contributed by atoms with E-state index in [0.29, 0.717) is 19.1 Å². The summed E-state index contributed by atoms with van der Waals surface area (Å²) in [4.78, 5) is 0. The number of unbranched alkanes of at least 4 members (excludes halogenated alkanes) is 19. The molecule has 0 aromatic carbocycles. The number of rotatable bonds is 28. The molecule has 0 fully saturated rings. The molecule has 3 N–H and O–H groups in total. The van der Waals surface area contributed by atoms with E-state index in [0.717, 1.165) is 6.42 Å². The lowest BCUT2D eigenvalue weighted by Gasteiger charge is -2.12. The first-order valence-electron chi connectivity index (χ1n) is 16.7. The Hall–Kier alpha value is -0.420. The standard InChI is InChI=1S/C17H36O2.C14H28.C3H8O2.CH4/c1-3-4-5-6-7-8-9-10-11-12-14-17(2)19-16-13-15-18;1-3-5-7-9-11-13-14-12-10-8-6-4-2;4-2-1-3-5;/h17-18H,3-16H2,1-2H3;3H,1,4-14H2,2H3;4-5H,1-3H2;1H4. The van der Waals surface area contributed by atoms with Crippen molar-refractivity contribution in [2.45, 2.75) is 188 Å². The minimum atomic E-state index is 0. The van der Waals surface area contributed by atoms with Gasteiger partial charge in [0.05, 0.1) is 6.10 Å². The fourth-order valence-electron chi connectivity index (χ4n) is 4.20. The van der Waals surface area contributed by atoms with E-state index in [1.165, 1.54) is 141 Å². The molecule has 0 aliphatic rings. The van der Waals surface area contributed by atoms with E-state index < -0.39 is 0 Å². The number of aliphatic hydroxyl groups excluding tert-OH is 3. The summed E-state index contributed by atoms with van der Waals surface area (Å²) in [7, 11) is 0. The molecular weight excluding hydrogens is 484 g/mol. The molecule has 0 rings (SSSR count). The quantitative estimate of drug-likeness (QED) is 0.0657. The normalized spacial score (nSPS) is 11.0. The second-order valence-electron chi connectivity index (χ2n) is 10.8. The Bertz CT molecular complexity index is 374. The molecule has 0 spiro atoms. The first kappa shape index (κ1) is 45.6. The molecule has 0 aliphatic carbocycles. The number of allylic oxidation sites excluding steroid dienone is 1. The Kier molecular flexibility index (Phi) is 55.3. The Labute approximate surface area is 247 Å². The SMILES string of the molecule is C.C=CCCCCCCCCCCCC.CCCCCCCCCCCCC(C)OCCCO.OCCCO. The Balaban J connectivity index is -0.000000269. The van der Waals surface area contributed by atoms with E-state index in [2.05, 4.69) is 27.4 Å². The zero-order chi connectivity index (χ0) is 28.8. The van der Waals surface area contributed by atoms with Crippen LogP contribution in [0.4, 0.5) is 0 Å². The molecule has 0 amide bonds. The predicted octanol–water partition coefficient (Wildman–Crippen LogP) is 10.6. The van der Waals surface area contributed by atoms with Crippen molar-refractivity contribution >= 4 is 0 Å². The van der Waals surface area contributed by atoms with Gasteiger partial charge in [-0.25, -0.2) is 0 Å². The van der Waals surface area contributed by atoms with E-state index in [1.54, 1.807) is 0 Å². The van der Waals surface area contributed by atoms with Crippen molar-refractivity contribution in [3.05, 3.63) is 12.7 Å². The molecule has 240 valence electrons. The van der Waals surface area contributed by atoms with Crippen molar-refractivity contribution < 1.29 is 20.1 Å². The third-order valence-corrected chi connectivity index (χ3v) is 6.75. The molecule has 0 saturated heterocycles. The van der Waals surface area contributed by atoms with Gasteiger partial charge in [0.1, 0.15) is 0 Å². The van der Waals surface area contributed by atoms with Crippen LogP contribution < -0.4 is 0 Å². The second kappa shape index (κ2) is 47.4. The zero-order valence-electron chi connectivity index (χ0n) is 26.4. The molecule has 0 aromatic heterocycles. The summed E-state index contributed by atoms with van der Waals surface area (Å²) in [6, 6.07) is 0. The molecule has 4 nitrogen and oxygen atoms in total. The lowest BCUT2D eigenvalue weighted by molar-refractivity contribution is 0.0490. The van der Waals surface area contributed by atoms with Gasteiger partial charge >= 0.3 is 0 Å². The van der Waals surface area contributed by atoms with Gasteiger partial charge < -0.3 is 20.1 Å². The monoisotopic (exact) mass is 561 g/mol. The fourth-order valence-corrected chi connectivity index (χ4v) is 4.20. The molecular formula is C35H76O4. The van der Waals surface area contributed by atoms with Crippen LogP contribution in [0.5, 0.6) is 0 Å². The number of aliphatic hydroxyl groups is 3. The highest BCUT2D eigenvalue weighted by Gasteiger charge is 2.01. The summed E-state index contributed by atoms with van der Waals surface area (Å²) in [6.07, 6.45) is 34.2. The van der Waals surface area contributed by atoms with Crippen LogP contribution >= 0.6 is 0 Å². The predicted molar refractivity (Wildman–Crippen MR) is 176 cm³/mol. The highest BCUT2D eigenvalue weighted by Crippen LogP contribution is 2.13. The van der Waals surface area contributed by atoms with Crippen molar-refractivity contribution in [1.82, 2.24) is 0 Å². The van der Waals surface area contributed by atoms with Gasteiger partial charge in [-0.15, -0.1) is 6.58 Å². The molecule has 0 aliphatic heterocycles. The zero-order valence-corrected chi connectivity index (χ0v) is 26.4. The van der Waals surface area contributed by atoms with Crippen LogP contribution in [0.3, 0.4) is 0 Å². The molecule has 39 heavy (non-hydrogen) atoms. The van der Waals surface area contributed by atoms with E-state index in [4.69, 9.17) is 20.1 Å². The number of hydrogen-bond acceptors (Lipinski definition) is 4. The molecule has 0 heterocycles. The van der Waals surface area contributed by atoms with Crippen LogP contribution in [0.15, 0.2) is 12.7 Å². The summed E-state index contributed by atoms with van der Waals surface area (Å²) in [5.41, 5.74) is 0. The van der Waals surface area contributed by atoms with E-state index >= 15 is 0 Å². The van der Waals surface area contributed by atoms with Gasteiger partial charge in [-0.05, 0) is 39.0 Å². The summed E-state index contributed by atoms with van der Waals surface area (Å²) in [6.45, 7) is 11.6. The third-order valence-electron chi connectivity index (χ3n) is 6.75. The van der Waals surface area contributed by atoms with Crippen LogP contribution in [0.25, 0.3) is 0 Å². The Morgan fingerprint density at radius 1 is 0.538 bits per heavy atom. The average Bonchev–Trinajstić information content (AvgIpc) is 2.92. The van der Waals surface area contributed by atoms with Crippen LogP contribution in [0, 0.1) is 0 Å². The highest BCUT2D eigenvalue weighted by atomic mass is 16.5. The topological polar surface area (TPSA) is 69.9 Å². The molecule has 0 radical (unpaired) electrons. The first-order valence-corrected chi connectivity index (χ1v) is 16.7. The maximum absolute atomic E-state index is 8.66.